The Morgan fingerprint density at radius 1 is 0.593 bits per heavy atom. The maximum Gasteiger partial charge on any atom is 0.472 e. The van der Waals surface area contributed by atoms with Crippen molar-refractivity contribution in [2.75, 3.05) is 39.0 Å². The lowest BCUT2D eigenvalue weighted by atomic mass is 9.89. The molecule has 54 heavy (non-hydrogen) atoms. The largest absolute Gasteiger partial charge is 0.472 e. The van der Waals surface area contributed by atoms with E-state index in [0.29, 0.717) is 49.8 Å². The van der Waals surface area contributed by atoms with Gasteiger partial charge in [0.25, 0.3) is 0 Å². The van der Waals surface area contributed by atoms with Crippen LogP contribution in [0.5, 0.6) is 0 Å². The number of unbranched alkanes of at least 4 members (excludes halogenated alkanes) is 8. The molecule has 320 valence electrons. The number of hydrogen-bond acceptors (Lipinski definition) is 8. The van der Waals surface area contributed by atoms with Crippen molar-refractivity contribution in [1.29, 1.82) is 0 Å². The number of carbonyl (C=O) groups excluding carboxylic acids is 3. The molecule has 0 saturated heterocycles. The summed E-state index contributed by atoms with van der Waals surface area (Å²) in [6, 6.07) is 0. The van der Waals surface area contributed by atoms with Gasteiger partial charge in [-0.15, -0.1) is 0 Å². The Labute approximate surface area is 329 Å². The number of nitrogens with zero attached hydrogens (tertiary/aromatic N) is 1. The molecule has 3 N–H and O–H groups in total. The Balaban J connectivity index is 4.56. The van der Waals surface area contributed by atoms with Crippen LogP contribution < -0.4 is 5.32 Å². The van der Waals surface area contributed by atoms with E-state index in [9.17, 15) is 33.3 Å². The van der Waals surface area contributed by atoms with Crippen molar-refractivity contribution >= 4 is 33.0 Å². The van der Waals surface area contributed by atoms with Crippen LogP contribution in [-0.4, -0.2) is 76.9 Å². The van der Waals surface area contributed by atoms with Crippen molar-refractivity contribution in [2.24, 2.45) is 10.8 Å². The van der Waals surface area contributed by atoms with Crippen molar-refractivity contribution in [3.8, 4) is 0 Å². The lowest BCUT2D eigenvalue weighted by Gasteiger charge is -2.26. The first-order valence-electron chi connectivity index (χ1n) is 20.6. The zero-order valence-electron chi connectivity index (χ0n) is 35.7. The predicted octanol–water partition coefficient (Wildman–Crippen LogP) is 10.1. The maximum absolute atomic E-state index is 13.1. The molecule has 0 aromatic heterocycles. The van der Waals surface area contributed by atoms with Crippen molar-refractivity contribution in [2.45, 2.75) is 190 Å². The van der Waals surface area contributed by atoms with E-state index >= 15 is 0 Å². The van der Waals surface area contributed by atoms with Gasteiger partial charge in [-0.1, -0.05) is 80.1 Å². The van der Waals surface area contributed by atoms with Gasteiger partial charge in [0.1, 0.15) is 5.78 Å². The van der Waals surface area contributed by atoms with Gasteiger partial charge in [0.05, 0.1) is 25.0 Å². The van der Waals surface area contributed by atoms with Crippen LogP contribution in [0.25, 0.3) is 0 Å². The monoisotopic (exact) mass is 811 g/mol. The standard InChI is InChI=1S/C40H80N2O10P2/c1-38(2,3)27-18-16-24-35(43)23-14-11-10-12-21-32-50-53(46,47)34-22-30-42(31-33-51-54(48,49)52-40(7,8)9)37(45)26-15-13-20-29-41-36(44)25-17-19-28-39(4,5)6/h10-34H2,1-9H3,(H,41,44)(H,46,47)(H,48,49). The van der Waals surface area contributed by atoms with Crippen molar-refractivity contribution < 1.29 is 46.9 Å². The predicted molar refractivity (Wildman–Crippen MR) is 218 cm³/mol. The van der Waals surface area contributed by atoms with Crippen LogP contribution in [0.1, 0.15) is 184 Å². The molecule has 0 fully saturated rings. The van der Waals surface area contributed by atoms with Crippen LogP contribution in [0.3, 0.4) is 0 Å². The molecule has 0 saturated carbocycles. The molecule has 12 nitrogen and oxygen atoms in total. The van der Waals surface area contributed by atoms with Gasteiger partial charge < -0.3 is 24.5 Å². The third kappa shape index (κ3) is 35.3. The molecule has 0 bridgehead atoms. The second kappa shape index (κ2) is 27.5. The van der Waals surface area contributed by atoms with E-state index in [1.165, 1.54) is 4.90 Å². The number of phosphoric ester groups is 1. The molecule has 0 aliphatic heterocycles. The molecule has 0 rings (SSSR count). The smallest absolute Gasteiger partial charge is 0.356 e. The third-order valence-corrected chi connectivity index (χ3v) is 11.5. The topological polar surface area (TPSA) is 169 Å². The molecule has 0 spiro atoms. The van der Waals surface area contributed by atoms with Crippen LogP contribution >= 0.6 is 15.4 Å². The number of hydrogen-bond donors (Lipinski definition) is 3. The summed E-state index contributed by atoms with van der Waals surface area (Å²) in [5.74, 6) is 0.186. The molecule has 2 atom stereocenters. The minimum Gasteiger partial charge on any atom is -0.356 e. The van der Waals surface area contributed by atoms with Crippen molar-refractivity contribution in [3.05, 3.63) is 0 Å². The maximum atomic E-state index is 13.1. The minimum absolute atomic E-state index is 0.0154. The van der Waals surface area contributed by atoms with Crippen LogP contribution in [-0.2, 0) is 37.1 Å². The Morgan fingerprint density at radius 2 is 1.11 bits per heavy atom. The van der Waals surface area contributed by atoms with Crippen LogP contribution in [0.2, 0.25) is 0 Å². The van der Waals surface area contributed by atoms with Gasteiger partial charge in [-0.05, 0) is 89.4 Å². The first-order valence-corrected chi connectivity index (χ1v) is 23.9. The summed E-state index contributed by atoms with van der Waals surface area (Å²) >= 11 is 0. The number of phosphoric acid groups is 1. The quantitative estimate of drug-likeness (QED) is 0.0439. The summed E-state index contributed by atoms with van der Waals surface area (Å²) in [7, 11) is -8.21. The lowest BCUT2D eigenvalue weighted by molar-refractivity contribution is -0.132. The first-order chi connectivity index (χ1) is 24.9. The molecule has 0 aromatic rings. The normalized spacial score (nSPS) is 14.7. The average molecular weight is 811 g/mol. The summed E-state index contributed by atoms with van der Waals surface area (Å²) in [6.45, 7) is 18.8. The van der Waals surface area contributed by atoms with Gasteiger partial charge in [-0.25, -0.2) is 4.57 Å². The average Bonchev–Trinajstić information content (AvgIpc) is 3.01. The van der Waals surface area contributed by atoms with Crippen molar-refractivity contribution in [3.63, 3.8) is 0 Å². The SMILES string of the molecule is CC(C)(C)CCCCC(=O)CCCCCCCOP(=O)(O)CCCN(CCOP(=O)(O)OC(C)(C)C)C(=O)CCCCCNC(=O)CCCCC(C)(C)C. The van der Waals surface area contributed by atoms with E-state index in [1.54, 1.807) is 20.8 Å². The molecule has 0 aliphatic carbocycles. The number of Topliss-reactive ketones (excluding diaryl/α,β-unsaturated/α-hetero) is 1. The van der Waals surface area contributed by atoms with Gasteiger partial charge in [-0.3, -0.25) is 28.0 Å². The minimum atomic E-state index is -4.34. The lowest BCUT2D eigenvalue weighted by Crippen LogP contribution is -2.35. The molecular formula is C40H80N2O10P2. The van der Waals surface area contributed by atoms with Gasteiger partial charge >= 0.3 is 15.4 Å². The van der Waals surface area contributed by atoms with Crippen LogP contribution in [0, 0.1) is 10.8 Å². The summed E-state index contributed by atoms with van der Waals surface area (Å²) in [4.78, 5) is 59.3. The van der Waals surface area contributed by atoms with E-state index in [0.717, 1.165) is 77.0 Å². The van der Waals surface area contributed by atoms with Gasteiger partial charge in [-0.2, -0.15) is 0 Å². The van der Waals surface area contributed by atoms with Crippen LogP contribution in [0.4, 0.5) is 0 Å². The van der Waals surface area contributed by atoms with E-state index < -0.39 is 21.0 Å². The Bertz CT molecular complexity index is 1140. The molecular weight excluding hydrogens is 730 g/mol. The van der Waals surface area contributed by atoms with Crippen molar-refractivity contribution in [1.82, 2.24) is 10.2 Å². The summed E-state index contributed by atoms with van der Waals surface area (Å²) in [5.41, 5.74) is -0.328. The molecule has 14 heteroatoms. The molecule has 2 amide bonds. The van der Waals surface area contributed by atoms with Gasteiger partial charge in [0, 0.05) is 45.3 Å². The number of carbonyl (C=O) groups is 3. The van der Waals surface area contributed by atoms with Crippen LogP contribution in [0.15, 0.2) is 0 Å². The number of nitrogens with one attached hydrogen (secondary N) is 1. The van der Waals surface area contributed by atoms with E-state index in [1.807, 2.05) is 0 Å². The highest BCUT2D eigenvalue weighted by atomic mass is 31.2. The number of ketones is 1. The Morgan fingerprint density at radius 3 is 1.70 bits per heavy atom. The summed E-state index contributed by atoms with van der Waals surface area (Å²) < 4.78 is 40.6. The second-order valence-corrected chi connectivity index (χ2v) is 21.5. The first kappa shape index (κ1) is 52.9. The zero-order chi connectivity index (χ0) is 41.3. The number of rotatable bonds is 32. The second-order valence-electron chi connectivity index (χ2n) is 18.2. The Hall–Kier alpha value is -1.13. The Kier molecular flexibility index (Phi) is 26.9. The van der Waals surface area contributed by atoms with Gasteiger partial charge in [0.2, 0.25) is 11.8 Å². The zero-order valence-corrected chi connectivity index (χ0v) is 37.5. The summed E-state index contributed by atoms with van der Waals surface area (Å²) in [6.07, 6.45) is 14.6. The fourth-order valence-electron chi connectivity index (χ4n) is 5.78. The highest BCUT2D eigenvalue weighted by Gasteiger charge is 2.29. The van der Waals surface area contributed by atoms with E-state index in [4.69, 9.17) is 13.6 Å². The number of amides is 2. The molecule has 0 aromatic carbocycles. The fourth-order valence-corrected chi connectivity index (χ4v) is 7.93. The van der Waals surface area contributed by atoms with E-state index in [2.05, 4.69) is 46.9 Å². The fraction of sp³-hybridized carbons (Fsp3) is 0.925. The molecule has 0 aliphatic rings. The molecule has 2 unspecified atom stereocenters. The third-order valence-electron chi connectivity index (χ3n) is 8.72. The molecule has 0 radical (unpaired) electrons. The van der Waals surface area contributed by atoms with E-state index in [-0.39, 0.29) is 62.5 Å². The highest BCUT2D eigenvalue weighted by Crippen LogP contribution is 2.47. The van der Waals surface area contributed by atoms with Gasteiger partial charge in [0.15, 0.2) is 0 Å². The highest BCUT2D eigenvalue weighted by molar-refractivity contribution is 7.52. The summed E-state index contributed by atoms with van der Waals surface area (Å²) in [5, 5.41) is 2.95. The molecule has 0 heterocycles.